The highest BCUT2D eigenvalue weighted by Crippen LogP contribution is 2.28. The minimum absolute atomic E-state index is 0.262. The largest absolute Gasteiger partial charge is 0.444 e. The zero-order valence-corrected chi connectivity index (χ0v) is 14.4. The normalized spacial score (nSPS) is 12.1. The summed E-state index contributed by atoms with van der Waals surface area (Å²) in [4.78, 5) is 13.7. The first kappa shape index (κ1) is 16.0. The Kier molecular flexibility index (Phi) is 4.95. The first-order valence-electron chi connectivity index (χ1n) is 6.98. The molecule has 2 N–H and O–H groups in total. The molecule has 1 aromatic carbocycles. The van der Waals surface area contributed by atoms with E-state index in [9.17, 15) is 9.90 Å². The number of hydrogen-bond acceptors (Lipinski definition) is 4. The van der Waals surface area contributed by atoms with Crippen LogP contribution in [0.15, 0.2) is 63.7 Å². The summed E-state index contributed by atoms with van der Waals surface area (Å²) in [6.07, 6.45) is -0.647. The molecule has 0 spiro atoms. The van der Waals surface area contributed by atoms with Crippen molar-refractivity contribution in [2.24, 2.45) is 0 Å². The molecule has 6 heteroatoms. The Morgan fingerprint density at radius 2 is 1.96 bits per heavy atom. The van der Waals surface area contributed by atoms with Crippen molar-refractivity contribution >= 4 is 33.2 Å². The topological polar surface area (TPSA) is 62.5 Å². The van der Waals surface area contributed by atoms with Crippen molar-refractivity contribution in [1.29, 1.82) is 0 Å². The van der Waals surface area contributed by atoms with Crippen LogP contribution in [0.5, 0.6) is 0 Å². The van der Waals surface area contributed by atoms with Crippen LogP contribution in [0, 0.1) is 0 Å². The van der Waals surface area contributed by atoms with Crippen LogP contribution in [0.3, 0.4) is 0 Å². The van der Waals surface area contributed by atoms with E-state index in [1.165, 1.54) is 11.3 Å². The molecule has 0 bridgehead atoms. The lowest BCUT2D eigenvalue weighted by Crippen LogP contribution is -2.21. The average molecular weight is 392 g/mol. The lowest BCUT2D eigenvalue weighted by molar-refractivity contribution is 0.0922. The Balaban J connectivity index is 1.62. The molecule has 0 saturated heterocycles. The summed E-state index contributed by atoms with van der Waals surface area (Å²) in [6.45, 7) is 0.392. The van der Waals surface area contributed by atoms with E-state index in [-0.39, 0.29) is 11.7 Å². The predicted octanol–water partition coefficient (Wildman–Crippen LogP) is 4.12. The maximum Gasteiger partial charge on any atom is 0.287 e. The molecule has 2 heterocycles. The first-order valence-corrected chi connectivity index (χ1v) is 8.59. The van der Waals surface area contributed by atoms with E-state index in [0.717, 1.165) is 15.3 Å². The SMILES string of the molecule is O=C(NCc1ccc(C(O)c2ccccc2)s1)c1ccc(Br)o1. The molecule has 23 heavy (non-hydrogen) atoms. The molecule has 118 valence electrons. The van der Waals surface area contributed by atoms with Crippen molar-refractivity contribution in [1.82, 2.24) is 5.32 Å². The van der Waals surface area contributed by atoms with Gasteiger partial charge in [0.15, 0.2) is 10.4 Å². The third kappa shape index (κ3) is 3.90. The number of halogens is 1. The van der Waals surface area contributed by atoms with Crippen LogP contribution in [0.1, 0.15) is 32.0 Å². The molecule has 0 radical (unpaired) electrons. The highest BCUT2D eigenvalue weighted by atomic mass is 79.9. The van der Waals surface area contributed by atoms with Gasteiger partial charge in [0.2, 0.25) is 0 Å². The van der Waals surface area contributed by atoms with Gasteiger partial charge in [0.1, 0.15) is 6.10 Å². The van der Waals surface area contributed by atoms with Crippen molar-refractivity contribution in [2.45, 2.75) is 12.6 Å². The van der Waals surface area contributed by atoms with Crippen molar-refractivity contribution in [3.8, 4) is 0 Å². The molecule has 1 amide bonds. The van der Waals surface area contributed by atoms with Gasteiger partial charge in [0.05, 0.1) is 6.54 Å². The van der Waals surface area contributed by atoms with Crippen LogP contribution in [0.25, 0.3) is 0 Å². The molecule has 0 aliphatic rings. The van der Waals surface area contributed by atoms with Crippen molar-refractivity contribution < 1.29 is 14.3 Å². The van der Waals surface area contributed by atoms with Crippen LogP contribution in [-0.4, -0.2) is 11.0 Å². The Hall–Kier alpha value is -1.89. The maximum absolute atomic E-state index is 11.9. The third-order valence-corrected chi connectivity index (χ3v) is 4.85. The Morgan fingerprint density at radius 3 is 2.65 bits per heavy atom. The molecule has 0 aliphatic carbocycles. The summed E-state index contributed by atoms with van der Waals surface area (Å²) in [7, 11) is 0. The lowest BCUT2D eigenvalue weighted by atomic mass is 10.1. The molecule has 4 nitrogen and oxygen atoms in total. The Morgan fingerprint density at radius 1 is 1.17 bits per heavy atom. The van der Waals surface area contributed by atoms with Gasteiger partial charge in [-0.3, -0.25) is 4.79 Å². The quantitative estimate of drug-likeness (QED) is 0.687. The average Bonchev–Trinajstić information content (AvgIpc) is 3.22. The van der Waals surface area contributed by atoms with Gasteiger partial charge in [-0.2, -0.15) is 0 Å². The first-order chi connectivity index (χ1) is 11.1. The summed E-state index contributed by atoms with van der Waals surface area (Å²) < 4.78 is 5.72. The number of furan rings is 1. The van der Waals surface area contributed by atoms with Gasteiger partial charge in [-0.05, 0) is 45.8 Å². The van der Waals surface area contributed by atoms with Gasteiger partial charge in [0.25, 0.3) is 5.91 Å². The predicted molar refractivity (Wildman–Crippen MR) is 92.4 cm³/mol. The number of carbonyl (C=O) groups is 1. The molecule has 3 aromatic rings. The molecule has 0 aliphatic heterocycles. The van der Waals surface area contributed by atoms with Gasteiger partial charge in [-0.1, -0.05) is 30.3 Å². The molecule has 2 aromatic heterocycles. The Labute approximate surface area is 145 Å². The third-order valence-electron chi connectivity index (χ3n) is 3.29. The van der Waals surface area contributed by atoms with Crippen molar-refractivity contribution in [3.63, 3.8) is 0 Å². The summed E-state index contributed by atoms with van der Waals surface area (Å²) in [5.41, 5.74) is 0.852. The van der Waals surface area contributed by atoms with Crippen molar-refractivity contribution in [3.05, 3.63) is 80.3 Å². The van der Waals surface area contributed by atoms with E-state index in [4.69, 9.17) is 4.42 Å². The number of hydrogen-bond donors (Lipinski definition) is 2. The smallest absolute Gasteiger partial charge is 0.287 e. The number of amides is 1. The summed E-state index contributed by atoms with van der Waals surface area (Å²) >= 11 is 4.64. The van der Waals surface area contributed by atoms with E-state index in [0.29, 0.717) is 11.2 Å². The summed E-state index contributed by atoms with van der Waals surface area (Å²) in [6, 6.07) is 16.6. The second-order valence-corrected chi connectivity index (χ2v) is 6.89. The number of rotatable bonds is 5. The monoisotopic (exact) mass is 391 g/mol. The van der Waals surface area contributed by atoms with E-state index in [2.05, 4.69) is 21.2 Å². The molecule has 1 atom stereocenters. The second kappa shape index (κ2) is 7.12. The van der Waals surface area contributed by atoms with Crippen LogP contribution in [0.4, 0.5) is 0 Å². The minimum atomic E-state index is -0.647. The van der Waals surface area contributed by atoms with Crippen LogP contribution < -0.4 is 5.32 Å². The van der Waals surface area contributed by atoms with Gasteiger partial charge >= 0.3 is 0 Å². The van der Waals surface area contributed by atoms with Gasteiger partial charge in [-0.15, -0.1) is 11.3 Å². The minimum Gasteiger partial charge on any atom is -0.444 e. The summed E-state index contributed by atoms with van der Waals surface area (Å²) in [5, 5.41) is 13.2. The fourth-order valence-corrected chi connectivity index (χ4v) is 3.40. The zero-order valence-electron chi connectivity index (χ0n) is 12.0. The molecule has 0 fully saturated rings. The number of carbonyl (C=O) groups excluding carboxylic acids is 1. The van der Waals surface area contributed by atoms with Crippen molar-refractivity contribution in [2.75, 3.05) is 0 Å². The van der Waals surface area contributed by atoms with Gasteiger partial charge in [-0.25, -0.2) is 0 Å². The van der Waals surface area contributed by atoms with Gasteiger partial charge < -0.3 is 14.8 Å². The highest BCUT2D eigenvalue weighted by molar-refractivity contribution is 9.10. The standard InChI is InChI=1S/C17H14BrNO3S/c18-15-9-7-13(22-15)17(21)19-10-12-6-8-14(23-12)16(20)11-4-2-1-3-5-11/h1-9,16,20H,10H2,(H,19,21). The van der Waals surface area contributed by atoms with E-state index in [1.54, 1.807) is 12.1 Å². The number of aliphatic hydroxyl groups excluding tert-OH is 1. The number of thiophene rings is 1. The fraction of sp³-hybridized carbons (Fsp3) is 0.118. The van der Waals surface area contributed by atoms with Crippen LogP contribution >= 0.6 is 27.3 Å². The Bertz CT molecular complexity index is 797. The van der Waals surface area contributed by atoms with Crippen LogP contribution in [-0.2, 0) is 6.54 Å². The number of benzene rings is 1. The molecule has 3 rings (SSSR count). The molecular formula is C17H14BrNO3S. The van der Waals surface area contributed by atoms with E-state index < -0.39 is 6.10 Å². The number of aliphatic hydroxyl groups is 1. The van der Waals surface area contributed by atoms with Gasteiger partial charge in [0, 0.05) is 9.75 Å². The second-order valence-electron chi connectivity index (χ2n) is 4.90. The molecule has 0 saturated carbocycles. The summed E-state index contributed by atoms with van der Waals surface area (Å²) in [5.74, 6) is -0.00719. The van der Waals surface area contributed by atoms with Crippen LogP contribution in [0.2, 0.25) is 0 Å². The fourth-order valence-electron chi connectivity index (χ4n) is 2.13. The highest BCUT2D eigenvalue weighted by Gasteiger charge is 2.14. The van der Waals surface area contributed by atoms with E-state index >= 15 is 0 Å². The maximum atomic E-state index is 11.9. The number of nitrogens with one attached hydrogen (secondary N) is 1. The molecular weight excluding hydrogens is 378 g/mol. The molecule has 1 unspecified atom stereocenters. The van der Waals surface area contributed by atoms with E-state index in [1.807, 2.05) is 42.5 Å². The zero-order chi connectivity index (χ0) is 16.2. The lowest BCUT2D eigenvalue weighted by Gasteiger charge is -2.08.